The molecular weight excluding hydrogens is 410 g/mol. The van der Waals surface area contributed by atoms with E-state index in [1.54, 1.807) is 18.2 Å². The van der Waals surface area contributed by atoms with Gasteiger partial charge in [-0.3, -0.25) is 4.79 Å². The predicted molar refractivity (Wildman–Crippen MR) is 91.6 cm³/mol. The van der Waals surface area contributed by atoms with Crippen LogP contribution in [-0.2, 0) is 6.42 Å². The average molecular weight is 423 g/mol. The first-order valence-corrected chi connectivity index (χ1v) is 7.96. The molecule has 0 atom stereocenters. The van der Waals surface area contributed by atoms with E-state index in [0.29, 0.717) is 30.9 Å². The van der Waals surface area contributed by atoms with Crippen molar-refractivity contribution in [3.63, 3.8) is 0 Å². The molecule has 0 unspecified atom stereocenters. The standard InChI is InChI=1S/C14H13Cl2IN2O/c1-7(2)5-11-12(17)14(20)19-13(18-11)9-4-3-8(15)6-10(9)16/h3-4,6-7H,5H2,1-2H3,(H,18,19,20). The zero-order chi connectivity index (χ0) is 14.9. The van der Waals surface area contributed by atoms with E-state index in [1.165, 1.54) is 0 Å². The highest BCUT2D eigenvalue weighted by atomic mass is 127. The Morgan fingerprint density at radius 2 is 2.05 bits per heavy atom. The maximum absolute atomic E-state index is 12.0. The van der Waals surface area contributed by atoms with E-state index in [9.17, 15) is 4.79 Å². The third-order valence-corrected chi connectivity index (χ3v) is 4.38. The van der Waals surface area contributed by atoms with Crippen LogP contribution >= 0.6 is 45.8 Å². The van der Waals surface area contributed by atoms with E-state index in [0.717, 1.165) is 12.1 Å². The summed E-state index contributed by atoms with van der Waals surface area (Å²) in [5.41, 5.74) is 1.33. The molecule has 20 heavy (non-hydrogen) atoms. The van der Waals surface area contributed by atoms with Crippen LogP contribution in [0.2, 0.25) is 10.0 Å². The lowest BCUT2D eigenvalue weighted by molar-refractivity contribution is 0.631. The number of nitrogens with zero attached hydrogens (tertiary/aromatic N) is 1. The number of nitrogens with one attached hydrogen (secondary N) is 1. The molecule has 2 rings (SSSR count). The molecule has 6 heteroatoms. The second-order valence-corrected chi connectivity index (χ2v) is 6.82. The van der Waals surface area contributed by atoms with Crippen molar-refractivity contribution in [3.8, 4) is 11.4 Å². The van der Waals surface area contributed by atoms with E-state index in [1.807, 2.05) is 22.6 Å². The lowest BCUT2D eigenvalue weighted by Gasteiger charge is -2.10. The van der Waals surface area contributed by atoms with Crippen LogP contribution in [0.1, 0.15) is 19.5 Å². The number of halogens is 3. The molecule has 0 aliphatic heterocycles. The van der Waals surface area contributed by atoms with Gasteiger partial charge < -0.3 is 4.98 Å². The predicted octanol–water partition coefficient (Wildman–Crippen LogP) is 4.55. The highest BCUT2D eigenvalue weighted by Crippen LogP contribution is 2.28. The summed E-state index contributed by atoms with van der Waals surface area (Å²) >= 11 is 14.1. The normalized spacial score (nSPS) is 11.1. The molecule has 0 saturated carbocycles. The summed E-state index contributed by atoms with van der Waals surface area (Å²) in [5, 5.41) is 1.02. The number of H-pyrrole nitrogens is 1. The van der Waals surface area contributed by atoms with Crippen molar-refractivity contribution in [2.24, 2.45) is 5.92 Å². The van der Waals surface area contributed by atoms with Crippen molar-refractivity contribution in [1.82, 2.24) is 9.97 Å². The van der Waals surface area contributed by atoms with Gasteiger partial charge in [0, 0.05) is 10.6 Å². The molecule has 0 fully saturated rings. The second-order valence-electron chi connectivity index (χ2n) is 4.90. The molecule has 3 nitrogen and oxygen atoms in total. The van der Waals surface area contributed by atoms with Gasteiger partial charge in [0.1, 0.15) is 5.82 Å². The first-order chi connectivity index (χ1) is 9.38. The molecule has 0 amide bonds. The van der Waals surface area contributed by atoms with E-state index in [2.05, 4.69) is 23.8 Å². The molecule has 0 spiro atoms. The van der Waals surface area contributed by atoms with Gasteiger partial charge in [-0.05, 0) is 53.1 Å². The fourth-order valence-corrected chi connectivity index (χ4v) is 2.81. The van der Waals surface area contributed by atoms with Crippen LogP contribution < -0.4 is 5.56 Å². The smallest absolute Gasteiger partial charge is 0.264 e. The van der Waals surface area contributed by atoms with E-state index in [4.69, 9.17) is 23.2 Å². The zero-order valence-electron chi connectivity index (χ0n) is 11.0. The number of aromatic amines is 1. The summed E-state index contributed by atoms with van der Waals surface area (Å²) in [7, 11) is 0. The van der Waals surface area contributed by atoms with Crippen LogP contribution in [0.25, 0.3) is 11.4 Å². The molecule has 2 aromatic rings. The van der Waals surface area contributed by atoms with Crippen molar-refractivity contribution in [2.45, 2.75) is 20.3 Å². The molecule has 0 radical (unpaired) electrons. The fraction of sp³-hybridized carbons (Fsp3) is 0.286. The number of hydrogen-bond acceptors (Lipinski definition) is 2. The van der Waals surface area contributed by atoms with Crippen molar-refractivity contribution in [3.05, 3.63) is 47.9 Å². The number of hydrogen-bond donors (Lipinski definition) is 1. The second kappa shape index (κ2) is 6.45. The maximum Gasteiger partial charge on any atom is 0.264 e. The number of benzene rings is 1. The third-order valence-electron chi connectivity index (χ3n) is 2.72. The van der Waals surface area contributed by atoms with Crippen molar-refractivity contribution >= 4 is 45.8 Å². The van der Waals surface area contributed by atoms with Gasteiger partial charge in [0.25, 0.3) is 5.56 Å². The minimum Gasteiger partial charge on any atom is -0.306 e. The Morgan fingerprint density at radius 1 is 1.35 bits per heavy atom. The minimum absolute atomic E-state index is 0.141. The third kappa shape index (κ3) is 3.54. The molecular formula is C14H13Cl2IN2O. The molecule has 0 saturated heterocycles. The summed E-state index contributed by atoms with van der Waals surface area (Å²) < 4.78 is 0.630. The molecule has 0 bridgehead atoms. The first-order valence-electron chi connectivity index (χ1n) is 6.12. The lowest BCUT2D eigenvalue weighted by atomic mass is 10.1. The molecule has 1 aromatic carbocycles. The topological polar surface area (TPSA) is 45.8 Å². The summed E-state index contributed by atoms with van der Waals surface area (Å²) in [6.07, 6.45) is 0.750. The SMILES string of the molecule is CC(C)Cc1nc(-c2ccc(Cl)cc2Cl)[nH]c(=O)c1I. The van der Waals surface area contributed by atoms with E-state index >= 15 is 0 Å². The summed E-state index contributed by atoms with van der Waals surface area (Å²) in [6, 6.07) is 5.12. The van der Waals surface area contributed by atoms with Gasteiger partial charge in [0.2, 0.25) is 0 Å². The highest BCUT2D eigenvalue weighted by Gasteiger charge is 2.13. The molecule has 1 aromatic heterocycles. The summed E-state index contributed by atoms with van der Waals surface area (Å²) in [5.74, 6) is 0.902. The average Bonchev–Trinajstić information content (AvgIpc) is 2.34. The Bertz CT molecular complexity index is 698. The first kappa shape index (κ1) is 15.8. The fourth-order valence-electron chi connectivity index (χ4n) is 1.84. The lowest BCUT2D eigenvalue weighted by Crippen LogP contribution is -2.17. The Hall–Kier alpha value is -0.590. The van der Waals surface area contributed by atoms with Gasteiger partial charge >= 0.3 is 0 Å². The molecule has 106 valence electrons. The Kier molecular flexibility index (Phi) is 5.09. The number of rotatable bonds is 3. The van der Waals surface area contributed by atoms with Crippen molar-refractivity contribution in [2.75, 3.05) is 0 Å². The van der Waals surface area contributed by atoms with Gasteiger partial charge in [-0.25, -0.2) is 4.98 Å². The van der Waals surface area contributed by atoms with Crippen LogP contribution in [0.3, 0.4) is 0 Å². The van der Waals surface area contributed by atoms with Crippen molar-refractivity contribution in [1.29, 1.82) is 0 Å². The Labute approximate surface area is 140 Å². The number of aromatic nitrogens is 2. The molecule has 0 aliphatic carbocycles. The molecule has 1 heterocycles. The van der Waals surface area contributed by atoms with Gasteiger partial charge in [0.15, 0.2) is 0 Å². The largest absolute Gasteiger partial charge is 0.306 e. The van der Waals surface area contributed by atoms with Gasteiger partial charge in [-0.2, -0.15) is 0 Å². The van der Waals surface area contributed by atoms with Gasteiger partial charge in [-0.15, -0.1) is 0 Å². The van der Waals surface area contributed by atoms with E-state index < -0.39 is 0 Å². The Balaban J connectivity index is 2.57. The summed E-state index contributed by atoms with van der Waals surface area (Å²) in [4.78, 5) is 19.3. The molecule has 0 aliphatic rings. The summed E-state index contributed by atoms with van der Waals surface area (Å²) in [6.45, 7) is 4.18. The van der Waals surface area contributed by atoms with E-state index in [-0.39, 0.29) is 5.56 Å². The van der Waals surface area contributed by atoms with Crippen LogP contribution in [0.15, 0.2) is 23.0 Å². The van der Waals surface area contributed by atoms with Gasteiger partial charge in [0.05, 0.1) is 14.3 Å². The quantitative estimate of drug-likeness (QED) is 0.737. The monoisotopic (exact) mass is 422 g/mol. The maximum atomic E-state index is 12.0. The molecule has 1 N–H and O–H groups in total. The van der Waals surface area contributed by atoms with Crippen LogP contribution in [-0.4, -0.2) is 9.97 Å². The Morgan fingerprint density at radius 3 is 2.65 bits per heavy atom. The van der Waals surface area contributed by atoms with Gasteiger partial charge in [-0.1, -0.05) is 37.0 Å². The van der Waals surface area contributed by atoms with Crippen LogP contribution in [0, 0.1) is 9.49 Å². The van der Waals surface area contributed by atoms with Crippen LogP contribution in [0.5, 0.6) is 0 Å². The van der Waals surface area contributed by atoms with Crippen LogP contribution in [0.4, 0.5) is 0 Å². The zero-order valence-corrected chi connectivity index (χ0v) is 14.7. The highest BCUT2D eigenvalue weighted by molar-refractivity contribution is 14.1. The minimum atomic E-state index is -0.141. The van der Waals surface area contributed by atoms with Crippen molar-refractivity contribution < 1.29 is 0 Å².